The molecule has 0 aromatic rings. The third-order valence-electron chi connectivity index (χ3n) is 1.73. The van der Waals surface area contributed by atoms with Crippen LogP contribution in [0.4, 0.5) is 0 Å². The minimum absolute atomic E-state index is 0.263. The normalized spacial score (nSPS) is 12.2. The van der Waals surface area contributed by atoms with E-state index in [0.29, 0.717) is 12.0 Å². The highest BCUT2D eigenvalue weighted by molar-refractivity contribution is 5.87. The van der Waals surface area contributed by atoms with E-state index in [4.69, 9.17) is 4.74 Å². The zero-order valence-corrected chi connectivity index (χ0v) is 10.6. The van der Waals surface area contributed by atoms with Crippen LogP contribution in [0.2, 0.25) is 0 Å². The number of carbonyl (C=O) groups excluding carboxylic acids is 2. The molecule has 0 aromatic heterocycles. The Kier molecular flexibility index (Phi) is 5.78. The summed E-state index contributed by atoms with van der Waals surface area (Å²) in [6.45, 7) is 7.11. The molecule has 0 aliphatic carbocycles. The largest absolute Gasteiger partial charge is 0.466 e. The monoisotopic (exact) mass is 228 g/mol. The van der Waals surface area contributed by atoms with Gasteiger partial charge in [-0.05, 0) is 34.1 Å². The predicted octanol–water partition coefficient (Wildman–Crippen LogP) is 2.23. The van der Waals surface area contributed by atoms with E-state index < -0.39 is 5.60 Å². The lowest BCUT2D eigenvalue weighted by molar-refractivity contribution is -0.154. The van der Waals surface area contributed by atoms with E-state index in [-0.39, 0.29) is 18.4 Å². The van der Waals surface area contributed by atoms with Gasteiger partial charge in [0.2, 0.25) is 0 Å². The molecule has 0 saturated carbocycles. The Morgan fingerprint density at radius 2 is 1.81 bits per heavy atom. The van der Waals surface area contributed by atoms with Crippen molar-refractivity contribution in [1.82, 2.24) is 0 Å². The standard InChI is InChI=1S/C12H20O4/c1-9(11(14)15-5)7-6-8-10(13)16-12(2,3)4/h7H,6,8H2,1-5H3/b9-7+. The van der Waals surface area contributed by atoms with Crippen LogP contribution in [0.5, 0.6) is 0 Å². The lowest BCUT2D eigenvalue weighted by Crippen LogP contribution is -2.23. The van der Waals surface area contributed by atoms with Gasteiger partial charge in [0, 0.05) is 12.0 Å². The zero-order chi connectivity index (χ0) is 12.8. The molecule has 4 heteroatoms. The number of carbonyl (C=O) groups is 2. The van der Waals surface area contributed by atoms with Crippen LogP contribution in [-0.4, -0.2) is 24.6 Å². The first-order valence-electron chi connectivity index (χ1n) is 5.23. The quantitative estimate of drug-likeness (QED) is 0.547. The third-order valence-corrected chi connectivity index (χ3v) is 1.73. The molecule has 0 radical (unpaired) electrons. The van der Waals surface area contributed by atoms with Gasteiger partial charge in [0.15, 0.2) is 0 Å². The van der Waals surface area contributed by atoms with Gasteiger partial charge in [-0.1, -0.05) is 6.08 Å². The van der Waals surface area contributed by atoms with Crippen LogP contribution in [0.1, 0.15) is 40.5 Å². The molecule has 4 nitrogen and oxygen atoms in total. The average molecular weight is 228 g/mol. The molecule has 0 rings (SSSR count). The Morgan fingerprint density at radius 3 is 2.25 bits per heavy atom. The summed E-state index contributed by atoms with van der Waals surface area (Å²) in [5.74, 6) is -0.634. The first-order chi connectivity index (χ1) is 7.26. The molecule has 0 saturated heterocycles. The summed E-state index contributed by atoms with van der Waals surface area (Å²) in [5.41, 5.74) is 0.0455. The van der Waals surface area contributed by atoms with Gasteiger partial charge >= 0.3 is 11.9 Å². The van der Waals surface area contributed by atoms with Gasteiger partial charge in [0.1, 0.15) is 5.60 Å². The van der Waals surface area contributed by atoms with E-state index in [1.54, 1.807) is 13.0 Å². The van der Waals surface area contributed by atoms with Crippen LogP contribution in [0.25, 0.3) is 0 Å². The molecular formula is C12H20O4. The van der Waals surface area contributed by atoms with Gasteiger partial charge < -0.3 is 9.47 Å². The molecule has 92 valence electrons. The lowest BCUT2D eigenvalue weighted by Gasteiger charge is -2.19. The molecule has 0 heterocycles. The Balaban J connectivity index is 3.99. The van der Waals surface area contributed by atoms with Crippen molar-refractivity contribution >= 4 is 11.9 Å². The van der Waals surface area contributed by atoms with E-state index in [1.165, 1.54) is 7.11 Å². The molecule has 0 unspecified atom stereocenters. The molecular weight excluding hydrogens is 208 g/mol. The van der Waals surface area contributed by atoms with E-state index in [2.05, 4.69) is 4.74 Å². The number of ether oxygens (including phenoxy) is 2. The molecule has 0 amide bonds. The first kappa shape index (κ1) is 14.7. The predicted molar refractivity (Wildman–Crippen MR) is 60.9 cm³/mol. The second-order valence-corrected chi connectivity index (χ2v) is 4.50. The van der Waals surface area contributed by atoms with E-state index in [1.807, 2.05) is 20.8 Å². The van der Waals surface area contributed by atoms with Crippen LogP contribution in [0.15, 0.2) is 11.6 Å². The Morgan fingerprint density at radius 1 is 1.25 bits per heavy atom. The highest BCUT2D eigenvalue weighted by Gasteiger charge is 2.15. The maximum Gasteiger partial charge on any atom is 0.333 e. The van der Waals surface area contributed by atoms with Crippen molar-refractivity contribution in [2.75, 3.05) is 7.11 Å². The Labute approximate surface area is 96.6 Å². The van der Waals surface area contributed by atoms with E-state index >= 15 is 0 Å². The smallest absolute Gasteiger partial charge is 0.333 e. The zero-order valence-electron chi connectivity index (χ0n) is 10.6. The Bertz CT molecular complexity index is 284. The van der Waals surface area contributed by atoms with E-state index in [0.717, 1.165) is 0 Å². The van der Waals surface area contributed by atoms with E-state index in [9.17, 15) is 9.59 Å². The van der Waals surface area contributed by atoms with Crippen LogP contribution >= 0.6 is 0 Å². The van der Waals surface area contributed by atoms with Crippen LogP contribution in [0, 0.1) is 0 Å². The highest BCUT2D eigenvalue weighted by atomic mass is 16.6. The number of methoxy groups -OCH3 is 1. The minimum Gasteiger partial charge on any atom is -0.466 e. The summed E-state index contributed by atoms with van der Waals surface area (Å²) in [6, 6.07) is 0. The van der Waals surface area contributed by atoms with Crippen molar-refractivity contribution in [2.24, 2.45) is 0 Å². The lowest BCUT2D eigenvalue weighted by atomic mass is 10.2. The second kappa shape index (κ2) is 6.30. The first-order valence-corrected chi connectivity index (χ1v) is 5.23. The van der Waals surface area contributed by atoms with Crippen molar-refractivity contribution in [3.63, 3.8) is 0 Å². The summed E-state index contributed by atoms with van der Waals surface area (Å²) in [7, 11) is 1.33. The van der Waals surface area contributed by atoms with Crippen molar-refractivity contribution in [2.45, 2.75) is 46.1 Å². The van der Waals surface area contributed by atoms with Crippen molar-refractivity contribution in [3.8, 4) is 0 Å². The van der Waals surface area contributed by atoms with Crippen molar-refractivity contribution in [3.05, 3.63) is 11.6 Å². The van der Waals surface area contributed by atoms with Crippen LogP contribution in [-0.2, 0) is 19.1 Å². The van der Waals surface area contributed by atoms with Gasteiger partial charge in [0.05, 0.1) is 7.11 Å². The highest BCUT2D eigenvalue weighted by Crippen LogP contribution is 2.10. The molecule has 0 fully saturated rings. The summed E-state index contributed by atoms with van der Waals surface area (Å²) in [6.07, 6.45) is 2.43. The van der Waals surface area contributed by atoms with Gasteiger partial charge in [0.25, 0.3) is 0 Å². The summed E-state index contributed by atoms with van der Waals surface area (Å²) >= 11 is 0. The van der Waals surface area contributed by atoms with Gasteiger partial charge in [-0.15, -0.1) is 0 Å². The summed E-state index contributed by atoms with van der Waals surface area (Å²) in [4.78, 5) is 22.3. The number of hydrogen-bond donors (Lipinski definition) is 0. The number of hydrogen-bond acceptors (Lipinski definition) is 4. The minimum atomic E-state index is -0.460. The SMILES string of the molecule is COC(=O)/C(C)=C/CCC(=O)OC(C)(C)C. The molecule has 0 spiro atoms. The van der Waals surface area contributed by atoms with Crippen molar-refractivity contribution < 1.29 is 19.1 Å². The molecule has 0 N–H and O–H groups in total. The second-order valence-electron chi connectivity index (χ2n) is 4.50. The molecule has 0 aromatic carbocycles. The summed E-state index contributed by atoms with van der Waals surface area (Å²) in [5, 5.41) is 0. The van der Waals surface area contributed by atoms with Crippen LogP contribution < -0.4 is 0 Å². The maximum absolute atomic E-state index is 11.3. The molecule has 0 aliphatic rings. The average Bonchev–Trinajstić information content (AvgIpc) is 2.13. The molecule has 16 heavy (non-hydrogen) atoms. The van der Waals surface area contributed by atoms with Gasteiger partial charge in [-0.2, -0.15) is 0 Å². The summed E-state index contributed by atoms with van der Waals surface area (Å²) < 4.78 is 9.65. The third kappa shape index (κ3) is 7.04. The fourth-order valence-electron chi connectivity index (χ4n) is 1.04. The number of allylic oxidation sites excluding steroid dienone is 1. The number of rotatable bonds is 4. The fraction of sp³-hybridized carbons (Fsp3) is 0.667. The fourth-order valence-corrected chi connectivity index (χ4v) is 1.04. The molecule has 0 bridgehead atoms. The van der Waals surface area contributed by atoms with Gasteiger partial charge in [-0.25, -0.2) is 4.79 Å². The maximum atomic E-state index is 11.3. The van der Waals surface area contributed by atoms with Crippen molar-refractivity contribution in [1.29, 1.82) is 0 Å². The molecule has 0 aliphatic heterocycles. The number of esters is 2. The molecule has 0 atom stereocenters. The van der Waals surface area contributed by atoms with Gasteiger partial charge in [-0.3, -0.25) is 4.79 Å². The Hall–Kier alpha value is -1.32. The van der Waals surface area contributed by atoms with Crippen LogP contribution in [0.3, 0.4) is 0 Å². The topological polar surface area (TPSA) is 52.6 Å².